The third-order valence-corrected chi connectivity index (χ3v) is 4.29. The summed E-state index contributed by atoms with van der Waals surface area (Å²) in [7, 11) is 0. The summed E-state index contributed by atoms with van der Waals surface area (Å²) in [4.78, 5) is 18.3. The molecule has 0 saturated carbocycles. The van der Waals surface area contributed by atoms with Gasteiger partial charge in [0.05, 0.1) is 57.0 Å². The maximum absolute atomic E-state index is 6.13. The first-order valence-electron chi connectivity index (χ1n) is 8.16. The minimum atomic E-state index is 0.453. The van der Waals surface area contributed by atoms with Crippen molar-refractivity contribution < 1.29 is 0 Å². The predicted octanol–water partition coefficient (Wildman–Crippen LogP) is 2.15. The molecule has 0 fully saturated rings. The van der Waals surface area contributed by atoms with E-state index in [0.29, 0.717) is 22.8 Å². The molecular formula is C20H14N6. The molecule has 0 spiro atoms. The van der Waals surface area contributed by atoms with Crippen molar-refractivity contribution in [3.8, 4) is 0 Å². The van der Waals surface area contributed by atoms with Crippen LogP contribution in [-0.4, -0.2) is 22.8 Å². The molecule has 0 aromatic rings. The van der Waals surface area contributed by atoms with Gasteiger partial charge in [0.15, 0.2) is 0 Å². The molecule has 0 radical (unpaired) electrons. The molecule has 0 aliphatic carbocycles. The fraction of sp³-hybridized carbons (Fsp3) is 0. The number of hydrogen-bond acceptors (Lipinski definition) is 6. The number of aliphatic imine (C=N–C) groups is 4. The highest BCUT2D eigenvalue weighted by atomic mass is 14.9. The van der Waals surface area contributed by atoms with Gasteiger partial charge in [0, 0.05) is 0 Å². The van der Waals surface area contributed by atoms with Gasteiger partial charge in [-0.25, -0.2) is 20.0 Å². The molecule has 0 aromatic carbocycles. The van der Waals surface area contributed by atoms with Crippen molar-refractivity contribution in [2.24, 2.45) is 31.4 Å². The van der Waals surface area contributed by atoms with Crippen molar-refractivity contribution in [2.75, 3.05) is 0 Å². The molecule has 0 atom stereocenters. The lowest BCUT2D eigenvalue weighted by Crippen LogP contribution is -2.12. The Balaban J connectivity index is 1.69. The van der Waals surface area contributed by atoms with Crippen LogP contribution in [0.3, 0.4) is 0 Å². The Hall–Kier alpha value is -3.80. The lowest BCUT2D eigenvalue weighted by atomic mass is 10.2. The Morgan fingerprint density at radius 1 is 0.500 bits per heavy atom. The second kappa shape index (κ2) is 5.35. The molecule has 4 N–H and O–H groups in total. The summed E-state index contributed by atoms with van der Waals surface area (Å²) in [6, 6.07) is 0. The molecule has 6 nitrogen and oxygen atoms in total. The second-order valence-corrected chi connectivity index (χ2v) is 6.17. The van der Waals surface area contributed by atoms with Gasteiger partial charge in [0.1, 0.15) is 0 Å². The van der Waals surface area contributed by atoms with Gasteiger partial charge in [-0.2, -0.15) is 0 Å². The van der Waals surface area contributed by atoms with Crippen LogP contribution >= 0.6 is 0 Å². The number of nitrogens with two attached hydrogens (primary N) is 2. The molecule has 5 aliphatic heterocycles. The van der Waals surface area contributed by atoms with Crippen LogP contribution in [0.1, 0.15) is 0 Å². The lowest BCUT2D eigenvalue weighted by molar-refractivity contribution is 1.25. The van der Waals surface area contributed by atoms with Gasteiger partial charge in [-0.3, -0.25) is 0 Å². The Kier molecular flexibility index (Phi) is 2.99. The highest BCUT2D eigenvalue weighted by Crippen LogP contribution is 2.23. The van der Waals surface area contributed by atoms with E-state index >= 15 is 0 Å². The Morgan fingerprint density at radius 3 is 1.58 bits per heavy atom. The molecule has 5 aliphatic rings. The third kappa shape index (κ3) is 2.44. The number of rotatable bonds is 0. The van der Waals surface area contributed by atoms with E-state index < -0.39 is 0 Å². The van der Waals surface area contributed by atoms with Crippen LogP contribution in [0.25, 0.3) is 0 Å². The van der Waals surface area contributed by atoms with Gasteiger partial charge in [-0.15, -0.1) is 0 Å². The summed E-state index contributed by atoms with van der Waals surface area (Å²) in [6.07, 6.45) is 19.1. The van der Waals surface area contributed by atoms with Gasteiger partial charge < -0.3 is 11.5 Å². The number of fused-ring (bicyclic) bond motifs is 4. The molecule has 0 saturated heterocycles. The van der Waals surface area contributed by atoms with Crippen molar-refractivity contribution in [1.29, 1.82) is 0 Å². The lowest BCUT2D eigenvalue weighted by Gasteiger charge is -1.97. The van der Waals surface area contributed by atoms with Crippen molar-refractivity contribution in [1.82, 2.24) is 0 Å². The van der Waals surface area contributed by atoms with Crippen LogP contribution in [0.4, 0.5) is 0 Å². The smallest absolute Gasteiger partial charge is 0.0910 e. The number of hydrogen-bond donors (Lipinski definition) is 2. The summed E-state index contributed by atoms with van der Waals surface area (Å²) in [5, 5.41) is 0. The summed E-state index contributed by atoms with van der Waals surface area (Å²) < 4.78 is 0. The zero-order chi connectivity index (χ0) is 17.7. The van der Waals surface area contributed by atoms with Crippen LogP contribution < -0.4 is 11.5 Å². The van der Waals surface area contributed by atoms with E-state index in [1.165, 1.54) is 0 Å². The van der Waals surface area contributed by atoms with E-state index in [9.17, 15) is 0 Å². The number of nitrogens with zero attached hydrogens (tertiary/aromatic N) is 4. The second-order valence-electron chi connectivity index (χ2n) is 6.17. The maximum Gasteiger partial charge on any atom is 0.0910 e. The summed E-state index contributed by atoms with van der Waals surface area (Å²) in [6.45, 7) is 0. The highest BCUT2D eigenvalue weighted by Gasteiger charge is 2.20. The first-order chi connectivity index (χ1) is 12.6. The molecule has 0 amide bonds. The van der Waals surface area contributed by atoms with Crippen LogP contribution in [0.15, 0.2) is 115 Å². The van der Waals surface area contributed by atoms with E-state index in [2.05, 4.69) is 20.0 Å². The van der Waals surface area contributed by atoms with Gasteiger partial charge in [0.25, 0.3) is 0 Å². The molecule has 0 aromatic heterocycles. The van der Waals surface area contributed by atoms with E-state index in [-0.39, 0.29) is 0 Å². The monoisotopic (exact) mass is 338 g/mol. The van der Waals surface area contributed by atoms with Crippen molar-refractivity contribution in [3.63, 3.8) is 0 Å². The van der Waals surface area contributed by atoms with Crippen LogP contribution in [0.5, 0.6) is 0 Å². The van der Waals surface area contributed by atoms with Gasteiger partial charge in [0.2, 0.25) is 0 Å². The largest absolute Gasteiger partial charge is 0.395 e. The summed E-state index contributed by atoms with van der Waals surface area (Å²) >= 11 is 0. The fourth-order valence-electron chi connectivity index (χ4n) is 2.99. The topological polar surface area (TPSA) is 101 Å². The van der Waals surface area contributed by atoms with Crippen molar-refractivity contribution >= 4 is 22.8 Å². The Morgan fingerprint density at radius 2 is 1.00 bits per heavy atom. The SMILES string of the molecule is NC1=C(N)C2=NC1=CC1=NC(=CC3=NC(=CC4=NC(=C2)C=C4)C=C3)C=C1. The van der Waals surface area contributed by atoms with E-state index in [0.717, 1.165) is 34.2 Å². The van der Waals surface area contributed by atoms with Crippen LogP contribution in [-0.2, 0) is 0 Å². The van der Waals surface area contributed by atoms with Gasteiger partial charge >= 0.3 is 0 Å². The molecular weight excluding hydrogens is 324 g/mol. The highest BCUT2D eigenvalue weighted by molar-refractivity contribution is 6.16. The summed E-state index contributed by atoms with van der Waals surface area (Å²) in [5.74, 6) is 0. The molecule has 124 valence electrons. The van der Waals surface area contributed by atoms with Crippen molar-refractivity contribution in [3.05, 3.63) is 94.9 Å². The first kappa shape index (κ1) is 14.5. The fourth-order valence-corrected chi connectivity index (χ4v) is 2.99. The molecule has 0 unspecified atom stereocenters. The normalized spacial score (nSPS) is 22.6. The minimum absolute atomic E-state index is 0.453. The zero-order valence-electron chi connectivity index (χ0n) is 13.7. The summed E-state index contributed by atoms with van der Waals surface area (Å²) in [5.41, 5.74) is 19.3. The molecule has 5 heterocycles. The van der Waals surface area contributed by atoms with Crippen LogP contribution in [0, 0.1) is 0 Å². The number of allylic oxidation sites excluding steroid dienone is 10. The van der Waals surface area contributed by atoms with Gasteiger partial charge in [-0.1, -0.05) is 0 Å². The maximum atomic E-state index is 6.13. The zero-order valence-corrected chi connectivity index (χ0v) is 13.7. The standard InChI is InChI=1S/C20H14N6/c21-19-17-9-15-5-3-13(24-15)7-11-1-2-12(23-11)8-14-4-6-16(25-14)10-18(26-17)20(19)22/h1-10H,21-22H2. The van der Waals surface area contributed by atoms with Crippen molar-refractivity contribution in [2.45, 2.75) is 0 Å². The average Bonchev–Trinajstić information content (AvgIpc) is 3.38. The molecule has 6 heteroatoms. The quantitative estimate of drug-likeness (QED) is 0.707. The van der Waals surface area contributed by atoms with Gasteiger partial charge in [-0.05, 0) is 60.8 Å². The van der Waals surface area contributed by atoms with Crippen LogP contribution in [0.2, 0.25) is 0 Å². The van der Waals surface area contributed by atoms with E-state index in [1.807, 2.05) is 60.8 Å². The average molecular weight is 338 g/mol. The third-order valence-electron chi connectivity index (χ3n) is 4.29. The predicted molar refractivity (Wildman–Crippen MR) is 105 cm³/mol. The minimum Gasteiger partial charge on any atom is -0.395 e. The molecule has 5 rings (SSSR count). The molecule has 26 heavy (non-hydrogen) atoms. The Bertz CT molecular complexity index is 1120. The van der Waals surface area contributed by atoms with E-state index in [4.69, 9.17) is 11.5 Å². The first-order valence-corrected chi connectivity index (χ1v) is 8.16. The molecule has 8 bridgehead atoms. The Labute approximate surface area is 149 Å². The van der Waals surface area contributed by atoms with E-state index in [1.54, 1.807) is 0 Å².